The van der Waals surface area contributed by atoms with E-state index in [9.17, 15) is 9.18 Å². The Morgan fingerprint density at radius 2 is 2.21 bits per heavy atom. The van der Waals surface area contributed by atoms with Crippen LogP contribution >= 0.6 is 47.3 Å². The number of amides is 1. The Morgan fingerprint density at radius 3 is 2.86 bits per heavy atom. The van der Waals surface area contributed by atoms with Crippen LogP contribution in [0, 0.1) is 5.82 Å². The van der Waals surface area contributed by atoms with E-state index < -0.39 is 5.82 Å². The van der Waals surface area contributed by atoms with Gasteiger partial charge in [-0.2, -0.15) is 11.8 Å². The minimum absolute atomic E-state index is 0. The summed E-state index contributed by atoms with van der Waals surface area (Å²) < 4.78 is 13.4. The number of hydrogen-bond acceptors (Lipinski definition) is 4. The zero-order chi connectivity index (χ0) is 19.8. The molecule has 1 aliphatic heterocycles. The third kappa shape index (κ3) is 7.82. The molecule has 0 spiro atoms. The van der Waals surface area contributed by atoms with E-state index in [-0.39, 0.29) is 47.5 Å². The van der Waals surface area contributed by atoms with Crippen LogP contribution in [0.2, 0.25) is 5.02 Å². The fourth-order valence-electron chi connectivity index (χ4n) is 2.70. The minimum Gasteiger partial charge on any atom is -0.369 e. The minimum atomic E-state index is -0.410. The number of hydrogen-bond donors (Lipinski definition) is 2. The van der Waals surface area contributed by atoms with Gasteiger partial charge in [0.05, 0.1) is 5.02 Å². The summed E-state index contributed by atoms with van der Waals surface area (Å²) in [7, 11) is 3.43. The van der Waals surface area contributed by atoms with Crippen molar-refractivity contribution >= 4 is 64.9 Å². The number of nitrogens with zero attached hydrogens (tertiary/aromatic N) is 3. The van der Waals surface area contributed by atoms with Crippen LogP contribution in [0.1, 0.15) is 6.42 Å². The SMILES string of the molecule is CSCCNC(=NCC(=O)N(C)C)NC1CCN(c2ccc(F)c(Cl)c2)C1.I. The summed E-state index contributed by atoms with van der Waals surface area (Å²) in [5.74, 6) is 1.14. The van der Waals surface area contributed by atoms with Crippen molar-refractivity contribution < 1.29 is 9.18 Å². The Kier molecular flexibility index (Phi) is 11.3. The highest BCUT2D eigenvalue weighted by atomic mass is 127. The van der Waals surface area contributed by atoms with E-state index in [2.05, 4.69) is 20.5 Å². The van der Waals surface area contributed by atoms with Crippen molar-refractivity contribution in [2.24, 2.45) is 4.99 Å². The number of benzene rings is 1. The molecule has 1 atom stereocenters. The summed E-state index contributed by atoms with van der Waals surface area (Å²) in [6.07, 6.45) is 2.96. The number of carbonyl (C=O) groups excluding carboxylic acids is 1. The van der Waals surface area contributed by atoms with E-state index >= 15 is 0 Å². The van der Waals surface area contributed by atoms with Crippen LogP contribution in [0.15, 0.2) is 23.2 Å². The molecule has 1 aliphatic rings. The van der Waals surface area contributed by atoms with Crippen molar-refractivity contribution in [1.29, 1.82) is 0 Å². The Hall–Kier alpha value is -0.940. The number of likely N-dealkylation sites (N-methyl/N-ethyl adjacent to an activating group) is 1. The second-order valence-electron chi connectivity index (χ2n) is 6.55. The molecule has 28 heavy (non-hydrogen) atoms. The molecule has 1 aromatic rings. The van der Waals surface area contributed by atoms with Gasteiger partial charge in [0.25, 0.3) is 0 Å². The maximum Gasteiger partial charge on any atom is 0.243 e. The maximum atomic E-state index is 13.4. The zero-order valence-corrected chi connectivity index (χ0v) is 20.3. The van der Waals surface area contributed by atoms with Crippen molar-refractivity contribution in [3.8, 4) is 0 Å². The number of rotatable bonds is 7. The number of anilines is 1. The Labute approximate surface area is 192 Å². The molecule has 1 aromatic carbocycles. The van der Waals surface area contributed by atoms with Crippen LogP contribution in [0.3, 0.4) is 0 Å². The van der Waals surface area contributed by atoms with Gasteiger partial charge in [-0.05, 0) is 30.9 Å². The third-order valence-electron chi connectivity index (χ3n) is 4.27. The smallest absolute Gasteiger partial charge is 0.243 e. The summed E-state index contributed by atoms with van der Waals surface area (Å²) in [6, 6.07) is 4.97. The van der Waals surface area contributed by atoms with Gasteiger partial charge in [0, 0.05) is 51.2 Å². The predicted octanol–water partition coefficient (Wildman–Crippen LogP) is 2.66. The second-order valence-corrected chi connectivity index (χ2v) is 7.94. The monoisotopic (exact) mass is 543 g/mol. The van der Waals surface area contributed by atoms with Crippen LogP contribution < -0.4 is 15.5 Å². The molecule has 0 aliphatic carbocycles. The van der Waals surface area contributed by atoms with Crippen molar-refractivity contribution in [1.82, 2.24) is 15.5 Å². The van der Waals surface area contributed by atoms with Crippen LogP contribution in [0.4, 0.5) is 10.1 Å². The summed E-state index contributed by atoms with van der Waals surface area (Å²) in [6.45, 7) is 2.47. The highest BCUT2D eigenvalue weighted by Crippen LogP contribution is 2.25. The summed E-state index contributed by atoms with van der Waals surface area (Å²) in [5.41, 5.74) is 0.905. The molecule has 0 radical (unpaired) electrons. The first-order valence-electron chi connectivity index (χ1n) is 8.84. The summed E-state index contributed by atoms with van der Waals surface area (Å²) >= 11 is 7.64. The number of aliphatic imine (C=N–C) groups is 1. The maximum absolute atomic E-state index is 13.4. The lowest BCUT2D eigenvalue weighted by Crippen LogP contribution is -2.45. The summed E-state index contributed by atoms with van der Waals surface area (Å²) in [4.78, 5) is 19.9. The normalized spacial score (nSPS) is 16.5. The fraction of sp³-hybridized carbons (Fsp3) is 0.556. The Morgan fingerprint density at radius 1 is 1.46 bits per heavy atom. The van der Waals surface area contributed by atoms with Gasteiger partial charge in [0.1, 0.15) is 12.4 Å². The first kappa shape index (κ1) is 25.1. The van der Waals surface area contributed by atoms with E-state index in [0.29, 0.717) is 5.96 Å². The number of carbonyl (C=O) groups is 1. The number of halogens is 3. The van der Waals surface area contributed by atoms with E-state index in [1.54, 1.807) is 38.0 Å². The Balaban J connectivity index is 0.00000392. The summed E-state index contributed by atoms with van der Waals surface area (Å²) in [5, 5.41) is 6.81. The second kappa shape index (κ2) is 12.6. The van der Waals surface area contributed by atoms with Gasteiger partial charge < -0.3 is 20.4 Å². The lowest BCUT2D eigenvalue weighted by atomic mass is 10.2. The first-order valence-corrected chi connectivity index (χ1v) is 10.6. The predicted molar refractivity (Wildman–Crippen MR) is 128 cm³/mol. The molecule has 0 saturated carbocycles. The number of nitrogens with one attached hydrogen (secondary N) is 2. The molecule has 158 valence electrons. The van der Waals surface area contributed by atoms with Gasteiger partial charge >= 0.3 is 0 Å². The molecule has 1 heterocycles. The molecular weight excluding hydrogens is 516 g/mol. The van der Waals surface area contributed by atoms with Gasteiger partial charge in [0.2, 0.25) is 5.91 Å². The lowest BCUT2D eigenvalue weighted by molar-refractivity contribution is -0.127. The van der Waals surface area contributed by atoms with Crippen molar-refractivity contribution in [3.63, 3.8) is 0 Å². The van der Waals surface area contributed by atoms with Gasteiger partial charge in [0.15, 0.2) is 5.96 Å². The molecule has 2 rings (SSSR count). The molecule has 1 saturated heterocycles. The molecule has 1 unspecified atom stereocenters. The van der Waals surface area contributed by atoms with Crippen molar-refractivity contribution in [2.45, 2.75) is 12.5 Å². The molecule has 10 heteroatoms. The zero-order valence-electron chi connectivity index (χ0n) is 16.4. The lowest BCUT2D eigenvalue weighted by Gasteiger charge is -2.21. The molecule has 1 fully saturated rings. The van der Waals surface area contributed by atoms with E-state index in [1.807, 2.05) is 6.26 Å². The molecular formula is C18H28ClFIN5OS. The van der Waals surface area contributed by atoms with Crippen molar-refractivity contribution in [2.75, 3.05) is 57.2 Å². The van der Waals surface area contributed by atoms with Gasteiger partial charge in [-0.1, -0.05) is 11.6 Å². The highest BCUT2D eigenvalue weighted by molar-refractivity contribution is 14.0. The fourth-order valence-corrected chi connectivity index (χ4v) is 3.18. The van der Waals surface area contributed by atoms with Gasteiger partial charge in [-0.3, -0.25) is 4.79 Å². The molecule has 0 aromatic heterocycles. The average Bonchev–Trinajstić information content (AvgIpc) is 3.10. The molecule has 6 nitrogen and oxygen atoms in total. The first-order chi connectivity index (χ1) is 12.9. The molecule has 1 amide bonds. The van der Waals surface area contributed by atoms with E-state index in [0.717, 1.165) is 37.5 Å². The van der Waals surface area contributed by atoms with Crippen molar-refractivity contribution in [3.05, 3.63) is 29.0 Å². The topological polar surface area (TPSA) is 60.0 Å². The van der Waals surface area contributed by atoms with Crippen LogP contribution in [-0.2, 0) is 4.79 Å². The van der Waals surface area contributed by atoms with Gasteiger partial charge in [-0.15, -0.1) is 24.0 Å². The van der Waals surface area contributed by atoms with Crippen LogP contribution in [0.5, 0.6) is 0 Å². The largest absolute Gasteiger partial charge is 0.369 e. The average molecular weight is 544 g/mol. The van der Waals surface area contributed by atoms with Crippen LogP contribution in [0.25, 0.3) is 0 Å². The Bertz CT molecular complexity index is 679. The van der Waals surface area contributed by atoms with E-state index in [4.69, 9.17) is 11.6 Å². The quantitative estimate of drug-likeness (QED) is 0.240. The van der Waals surface area contributed by atoms with Gasteiger partial charge in [-0.25, -0.2) is 9.38 Å². The number of thioether (sulfide) groups is 1. The highest BCUT2D eigenvalue weighted by Gasteiger charge is 2.24. The van der Waals surface area contributed by atoms with E-state index in [1.165, 1.54) is 11.0 Å². The molecule has 2 N–H and O–H groups in total. The molecule has 0 bridgehead atoms. The standard InChI is InChI=1S/C18H27ClFN5OS.HI/c1-24(2)17(26)11-22-18(21-7-9-27-3)23-13-6-8-25(12-13)14-4-5-16(20)15(19)10-14;/h4-5,10,13H,6-9,11-12H2,1-3H3,(H2,21,22,23);1H. The van der Waals surface area contributed by atoms with Crippen LogP contribution in [-0.4, -0.2) is 75.1 Å². The number of guanidine groups is 1. The third-order valence-corrected chi connectivity index (χ3v) is 5.17.